The minimum absolute atomic E-state index is 0.0171. The van der Waals surface area contributed by atoms with Crippen molar-refractivity contribution in [2.24, 2.45) is 0 Å². The molecule has 0 saturated heterocycles. The van der Waals surface area contributed by atoms with E-state index in [1.165, 1.54) is 25.2 Å². The third-order valence-corrected chi connectivity index (χ3v) is 8.40. The second kappa shape index (κ2) is 14.9. The number of anilines is 1. The van der Waals surface area contributed by atoms with Gasteiger partial charge < -0.3 is 19.7 Å². The highest BCUT2D eigenvalue weighted by molar-refractivity contribution is 7.92. The van der Waals surface area contributed by atoms with Crippen LogP contribution in [-0.2, 0) is 32.6 Å². The van der Waals surface area contributed by atoms with Gasteiger partial charge in [0.1, 0.15) is 24.1 Å². The number of methoxy groups -OCH3 is 2. The maximum atomic E-state index is 14.3. The standard InChI is InChI=1S/C31H38ClN3O6S/c1-6-22(2)33-31(37)28(18-23-12-8-7-9-13-23)34(20-24-14-10-11-15-26(24)32)30(36)21-35(42(5,38)39)27-19-25(40-3)16-17-29(27)41-4/h7-17,19,22,28H,6,18,20-21H2,1-5H3,(H,33,37)/t22-,28-/m0/s1. The Labute approximate surface area is 253 Å². The zero-order valence-corrected chi connectivity index (χ0v) is 26.1. The Balaban J connectivity index is 2.12. The normalized spacial score (nSPS) is 12.6. The lowest BCUT2D eigenvalue weighted by Crippen LogP contribution is -2.54. The number of ether oxygens (including phenoxy) is 2. The van der Waals surface area contributed by atoms with E-state index >= 15 is 0 Å². The van der Waals surface area contributed by atoms with E-state index in [-0.39, 0.29) is 36.4 Å². The zero-order chi connectivity index (χ0) is 30.9. The summed E-state index contributed by atoms with van der Waals surface area (Å²) in [5.41, 5.74) is 1.59. The summed E-state index contributed by atoms with van der Waals surface area (Å²) < 4.78 is 37.9. The molecule has 2 amide bonds. The summed E-state index contributed by atoms with van der Waals surface area (Å²) in [6.45, 7) is 3.24. The molecular weight excluding hydrogens is 578 g/mol. The van der Waals surface area contributed by atoms with Gasteiger partial charge in [0.05, 0.1) is 26.2 Å². The molecule has 3 aromatic carbocycles. The maximum absolute atomic E-state index is 14.3. The van der Waals surface area contributed by atoms with E-state index < -0.39 is 28.5 Å². The molecule has 11 heteroatoms. The van der Waals surface area contributed by atoms with Gasteiger partial charge in [0.25, 0.3) is 0 Å². The van der Waals surface area contributed by atoms with Crippen LogP contribution in [0.4, 0.5) is 5.69 Å². The number of rotatable bonds is 14. The van der Waals surface area contributed by atoms with E-state index in [1.807, 2.05) is 44.2 Å². The molecule has 0 heterocycles. The molecule has 0 aromatic heterocycles. The highest BCUT2D eigenvalue weighted by Crippen LogP contribution is 2.34. The Bertz CT molecular complexity index is 1470. The summed E-state index contributed by atoms with van der Waals surface area (Å²) in [7, 11) is -1.12. The highest BCUT2D eigenvalue weighted by Gasteiger charge is 2.34. The number of hydrogen-bond acceptors (Lipinski definition) is 6. The first kappa shape index (κ1) is 32.8. The van der Waals surface area contributed by atoms with Crippen LogP contribution in [-0.4, -0.2) is 64.2 Å². The second-order valence-electron chi connectivity index (χ2n) is 9.94. The molecule has 3 aromatic rings. The summed E-state index contributed by atoms with van der Waals surface area (Å²) in [5.74, 6) is -0.319. The van der Waals surface area contributed by atoms with Crippen LogP contribution >= 0.6 is 11.6 Å². The third-order valence-electron chi connectivity index (χ3n) is 6.90. The molecule has 0 unspecified atom stereocenters. The number of sulfonamides is 1. The van der Waals surface area contributed by atoms with Crippen LogP contribution in [0.5, 0.6) is 11.5 Å². The lowest BCUT2D eigenvalue weighted by atomic mass is 10.0. The largest absolute Gasteiger partial charge is 0.497 e. The molecule has 0 aliphatic heterocycles. The predicted octanol–water partition coefficient (Wildman–Crippen LogP) is 4.68. The summed E-state index contributed by atoms with van der Waals surface area (Å²) in [5, 5.41) is 3.42. The van der Waals surface area contributed by atoms with Crippen LogP contribution in [0.25, 0.3) is 0 Å². The van der Waals surface area contributed by atoms with Crippen molar-refractivity contribution >= 4 is 39.1 Å². The van der Waals surface area contributed by atoms with Gasteiger partial charge in [-0.1, -0.05) is 67.1 Å². The van der Waals surface area contributed by atoms with Gasteiger partial charge in [0, 0.05) is 30.1 Å². The first-order valence-corrected chi connectivity index (χ1v) is 15.8. The molecule has 0 spiro atoms. The smallest absolute Gasteiger partial charge is 0.244 e. The van der Waals surface area contributed by atoms with Crippen LogP contribution in [0.2, 0.25) is 5.02 Å². The van der Waals surface area contributed by atoms with Crippen LogP contribution in [0.15, 0.2) is 72.8 Å². The number of halogens is 1. The maximum Gasteiger partial charge on any atom is 0.244 e. The molecule has 3 rings (SSSR count). The molecule has 2 atom stereocenters. The summed E-state index contributed by atoms with van der Waals surface area (Å²) in [6.07, 6.45) is 1.91. The van der Waals surface area contributed by atoms with Crippen molar-refractivity contribution in [3.8, 4) is 11.5 Å². The van der Waals surface area contributed by atoms with E-state index in [2.05, 4.69) is 5.32 Å². The SMILES string of the molecule is CC[C@H](C)NC(=O)[C@H](Cc1ccccc1)N(Cc1ccccc1Cl)C(=O)CN(c1cc(OC)ccc1OC)S(C)(=O)=O. The number of amides is 2. The van der Waals surface area contributed by atoms with Crippen molar-refractivity contribution < 1.29 is 27.5 Å². The topological polar surface area (TPSA) is 105 Å². The summed E-state index contributed by atoms with van der Waals surface area (Å²) in [6, 6.07) is 20.0. The number of carbonyl (C=O) groups is 2. The van der Waals surface area contributed by atoms with Gasteiger partial charge in [-0.15, -0.1) is 0 Å². The van der Waals surface area contributed by atoms with Crippen LogP contribution < -0.4 is 19.1 Å². The first-order chi connectivity index (χ1) is 20.0. The summed E-state index contributed by atoms with van der Waals surface area (Å²) >= 11 is 6.50. The van der Waals surface area contributed by atoms with Gasteiger partial charge in [-0.25, -0.2) is 8.42 Å². The molecule has 1 N–H and O–H groups in total. The molecular formula is C31H38ClN3O6S. The lowest BCUT2D eigenvalue weighted by Gasteiger charge is -2.34. The average molecular weight is 616 g/mol. The van der Waals surface area contributed by atoms with Crippen molar-refractivity contribution in [2.75, 3.05) is 31.3 Å². The van der Waals surface area contributed by atoms with Crippen molar-refractivity contribution in [1.82, 2.24) is 10.2 Å². The molecule has 0 aliphatic carbocycles. The molecule has 0 saturated carbocycles. The molecule has 0 radical (unpaired) electrons. The number of carbonyl (C=O) groups excluding carboxylic acids is 2. The molecule has 42 heavy (non-hydrogen) atoms. The minimum Gasteiger partial charge on any atom is -0.497 e. The molecule has 0 bridgehead atoms. The Kier molecular flexibility index (Phi) is 11.6. The van der Waals surface area contributed by atoms with Crippen molar-refractivity contribution in [3.05, 3.63) is 88.9 Å². The van der Waals surface area contributed by atoms with E-state index in [1.54, 1.807) is 36.4 Å². The zero-order valence-electron chi connectivity index (χ0n) is 24.5. The third kappa shape index (κ3) is 8.62. The fourth-order valence-electron chi connectivity index (χ4n) is 4.39. The molecule has 0 fully saturated rings. The fraction of sp³-hybridized carbons (Fsp3) is 0.355. The van der Waals surface area contributed by atoms with E-state index in [9.17, 15) is 18.0 Å². The van der Waals surface area contributed by atoms with Gasteiger partial charge in [0.2, 0.25) is 21.8 Å². The van der Waals surface area contributed by atoms with Crippen molar-refractivity contribution in [2.45, 2.75) is 45.3 Å². The van der Waals surface area contributed by atoms with Crippen LogP contribution in [0, 0.1) is 0 Å². The van der Waals surface area contributed by atoms with Crippen LogP contribution in [0.3, 0.4) is 0 Å². The monoisotopic (exact) mass is 615 g/mol. The number of benzene rings is 3. The number of hydrogen-bond donors (Lipinski definition) is 1. The Morgan fingerprint density at radius 2 is 1.64 bits per heavy atom. The fourth-order valence-corrected chi connectivity index (χ4v) is 5.43. The first-order valence-electron chi connectivity index (χ1n) is 13.5. The van der Waals surface area contributed by atoms with Crippen LogP contribution in [0.1, 0.15) is 31.4 Å². The van der Waals surface area contributed by atoms with Gasteiger partial charge in [0.15, 0.2) is 0 Å². The van der Waals surface area contributed by atoms with Crippen molar-refractivity contribution in [3.63, 3.8) is 0 Å². The molecule has 226 valence electrons. The highest BCUT2D eigenvalue weighted by atomic mass is 35.5. The average Bonchev–Trinajstić information content (AvgIpc) is 2.97. The Morgan fingerprint density at radius 3 is 2.24 bits per heavy atom. The Morgan fingerprint density at radius 1 is 0.976 bits per heavy atom. The van der Waals surface area contributed by atoms with Gasteiger partial charge in [-0.05, 0) is 42.7 Å². The van der Waals surface area contributed by atoms with Gasteiger partial charge >= 0.3 is 0 Å². The quantitative estimate of drug-likeness (QED) is 0.282. The molecule has 9 nitrogen and oxygen atoms in total. The van der Waals surface area contributed by atoms with Gasteiger partial charge in [-0.2, -0.15) is 0 Å². The lowest BCUT2D eigenvalue weighted by molar-refractivity contribution is -0.140. The van der Waals surface area contributed by atoms with E-state index in [0.717, 1.165) is 16.1 Å². The summed E-state index contributed by atoms with van der Waals surface area (Å²) in [4.78, 5) is 29.4. The van der Waals surface area contributed by atoms with Crippen molar-refractivity contribution in [1.29, 1.82) is 0 Å². The molecule has 0 aliphatic rings. The van der Waals surface area contributed by atoms with Gasteiger partial charge in [-0.3, -0.25) is 13.9 Å². The number of nitrogens with one attached hydrogen (secondary N) is 1. The minimum atomic E-state index is -3.99. The number of nitrogens with zero attached hydrogens (tertiary/aromatic N) is 2. The van der Waals surface area contributed by atoms with E-state index in [4.69, 9.17) is 21.1 Å². The second-order valence-corrected chi connectivity index (χ2v) is 12.3. The van der Waals surface area contributed by atoms with E-state index in [0.29, 0.717) is 22.8 Å². The Hall–Kier alpha value is -3.76. The predicted molar refractivity (Wildman–Crippen MR) is 166 cm³/mol.